The number of halogens is 1. The van der Waals surface area contributed by atoms with Gasteiger partial charge in [0.25, 0.3) is 0 Å². The zero-order chi connectivity index (χ0) is 16.1. The molecule has 0 unspecified atom stereocenters. The van der Waals surface area contributed by atoms with E-state index in [2.05, 4.69) is 43.5 Å². The molecule has 0 fully saturated rings. The molecule has 1 heterocycles. The van der Waals surface area contributed by atoms with Crippen molar-refractivity contribution in [2.24, 2.45) is 10.1 Å². The van der Waals surface area contributed by atoms with Gasteiger partial charge in [0.05, 0.1) is 11.9 Å². The first-order valence-corrected chi connectivity index (χ1v) is 9.01. The predicted molar refractivity (Wildman–Crippen MR) is 101 cm³/mol. The highest BCUT2D eigenvalue weighted by Crippen LogP contribution is 2.23. The summed E-state index contributed by atoms with van der Waals surface area (Å²) in [7, 11) is 0. The molecule has 116 valence electrons. The number of nitrogens with zero attached hydrogens (tertiary/aromatic N) is 3. The molecule has 0 amide bonds. The minimum absolute atomic E-state index is 0.735. The Morgan fingerprint density at radius 1 is 1.13 bits per heavy atom. The third-order valence-electron chi connectivity index (χ3n) is 3.22. The third-order valence-corrected chi connectivity index (χ3v) is 4.57. The third kappa shape index (κ3) is 3.86. The maximum Gasteiger partial charge on any atom is 0.206 e. The standard InChI is InChI=1S/C18H16BrN3S/c1-2-20-18-22(21-12-14-7-4-3-5-8-14)17(13-23-18)15-9-6-10-16(19)11-15/h3-13H,2H2,1H3. The molecule has 0 saturated heterocycles. The average molecular weight is 386 g/mol. The summed E-state index contributed by atoms with van der Waals surface area (Å²) in [5.41, 5.74) is 3.21. The van der Waals surface area contributed by atoms with Crippen molar-refractivity contribution in [3.05, 3.63) is 74.8 Å². The van der Waals surface area contributed by atoms with E-state index in [1.807, 2.05) is 60.3 Å². The van der Waals surface area contributed by atoms with Gasteiger partial charge >= 0.3 is 0 Å². The van der Waals surface area contributed by atoms with Crippen LogP contribution in [0.5, 0.6) is 0 Å². The molecule has 0 spiro atoms. The fourth-order valence-electron chi connectivity index (χ4n) is 2.16. The molecule has 0 atom stereocenters. The molecule has 0 aliphatic heterocycles. The van der Waals surface area contributed by atoms with E-state index in [-0.39, 0.29) is 0 Å². The normalized spacial score (nSPS) is 12.2. The molecule has 0 aliphatic carbocycles. The molecule has 1 aromatic heterocycles. The SMILES string of the molecule is CCN=c1scc(-c2cccc(Br)c2)n1N=Cc1ccccc1. The van der Waals surface area contributed by atoms with E-state index in [9.17, 15) is 0 Å². The highest BCUT2D eigenvalue weighted by atomic mass is 79.9. The lowest BCUT2D eigenvalue weighted by molar-refractivity contribution is 0.833. The second-order valence-electron chi connectivity index (χ2n) is 4.86. The first-order valence-electron chi connectivity index (χ1n) is 7.34. The van der Waals surface area contributed by atoms with Crippen LogP contribution >= 0.6 is 27.3 Å². The molecule has 0 bridgehead atoms. The minimum Gasteiger partial charge on any atom is -0.258 e. The topological polar surface area (TPSA) is 29.6 Å². The summed E-state index contributed by atoms with van der Waals surface area (Å²) in [5.74, 6) is 0. The zero-order valence-electron chi connectivity index (χ0n) is 12.7. The predicted octanol–water partition coefficient (Wildman–Crippen LogP) is 4.78. The van der Waals surface area contributed by atoms with Crippen LogP contribution in [0.15, 0.2) is 74.5 Å². The second-order valence-corrected chi connectivity index (χ2v) is 6.61. The van der Waals surface area contributed by atoms with Crippen molar-refractivity contribution in [3.63, 3.8) is 0 Å². The second kappa shape index (κ2) is 7.53. The van der Waals surface area contributed by atoms with Gasteiger partial charge in [-0.25, -0.2) is 4.68 Å². The lowest BCUT2D eigenvalue weighted by Gasteiger charge is -2.04. The number of rotatable bonds is 4. The summed E-state index contributed by atoms with van der Waals surface area (Å²) in [4.78, 5) is 5.44. The molecular weight excluding hydrogens is 370 g/mol. The van der Waals surface area contributed by atoms with Crippen LogP contribution in [0, 0.1) is 0 Å². The largest absolute Gasteiger partial charge is 0.258 e. The van der Waals surface area contributed by atoms with Crippen molar-refractivity contribution < 1.29 is 0 Å². The fourth-order valence-corrected chi connectivity index (χ4v) is 3.47. The lowest BCUT2D eigenvalue weighted by Crippen LogP contribution is -2.12. The molecule has 3 aromatic rings. The van der Waals surface area contributed by atoms with Crippen LogP contribution in [0.1, 0.15) is 12.5 Å². The maximum absolute atomic E-state index is 4.65. The van der Waals surface area contributed by atoms with E-state index in [4.69, 9.17) is 0 Å². The first kappa shape index (κ1) is 15.9. The Morgan fingerprint density at radius 3 is 2.70 bits per heavy atom. The van der Waals surface area contributed by atoms with Crippen LogP contribution in [0.2, 0.25) is 0 Å². The Kier molecular flexibility index (Phi) is 5.20. The number of hydrogen-bond acceptors (Lipinski definition) is 3. The average Bonchev–Trinajstić information content (AvgIpc) is 2.97. The van der Waals surface area contributed by atoms with Crippen LogP contribution in [-0.4, -0.2) is 17.4 Å². The van der Waals surface area contributed by atoms with Gasteiger partial charge in [-0.05, 0) is 24.6 Å². The van der Waals surface area contributed by atoms with E-state index < -0.39 is 0 Å². The molecule has 3 nitrogen and oxygen atoms in total. The van der Waals surface area contributed by atoms with E-state index in [0.29, 0.717) is 0 Å². The maximum atomic E-state index is 4.65. The highest BCUT2D eigenvalue weighted by molar-refractivity contribution is 9.10. The Balaban J connectivity index is 2.08. The zero-order valence-corrected chi connectivity index (χ0v) is 15.1. The molecular formula is C18H16BrN3S. The van der Waals surface area contributed by atoms with Crippen LogP contribution in [-0.2, 0) is 0 Å². The van der Waals surface area contributed by atoms with Crippen molar-refractivity contribution in [2.45, 2.75) is 6.92 Å². The van der Waals surface area contributed by atoms with Crippen molar-refractivity contribution in [3.8, 4) is 11.3 Å². The van der Waals surface area contributed by atoms with Crippen molar-refractivity contribution >= 4 is 33.5 Å². The molecule has 0 radical (unpaired) electrons. The number of thiazole rings is 1. The van der Waals surface area contributed by atoms with Crippen molar-refractivity contribution in [1.29, 1.82) is 0 Å². The smallest absolute Gasteiger partial charge is 0.206 e. The molecule has 23 heavy (non-hydrogen) atoms. The Hall–Kier alpha value is -1.98. The molecule has 0 N–H and O–H groups in total. The monoisotopic (exact) mass is 385 g/mol. The highest BCUT2D eigenvalue weighted by Gasteiger charge is 2.07. The van der Waals surface area contributed by atoms with Crippen molar-refractivity contribution in [2.75, 3.05) is 6.54 Å². The van der Waals surface area contributed by atoms with E-state index in [0.717, 1.165) is 32.6 Å². The summed E-state index contributed by atoms with van der Waals surface area (Å²) < 4.78 is 2.96. The fraction of sp³-hybridized carbons (Fsp3) is 0.111. The number of benzene rings is 2. The summed E-state index contributed by atoms with van der Waals surface area (Å²) in [5, 5.41) is 6.75. The van der Waals surface area contributed by atoms with Crippen molar-refractivity contribution in [1.82, 2.24) is 4.68 Å². The summed E-state index contributed by atoms with van der Waals surface area (Å²) in [6, 6.07) is 18.3. The van der Waals surface area contributed by atoms with E-state index in [1.54, 1.807) is 11.3 Å². The number of aromatic nitrogens is 1. The molecule has 2 aromatic carbocycles. The van der Waals surface area contributed by atoms with Gasteiger partial charge in [-0.1, -0.05) is 58.4 Å². The summed E-state index contributed by atoms with van der Waals surface area (Å²) in [6.45, 7) is 2.77. The molecule has 0 saturated carbocycles. The van der Waals surface area contributed by atoms with Crippen LogP contribution < -0.4 is 4.80 Å². The van der Waals surface area contributed by atoms with Gasteiger partial charge in [-0.2, -0.15) is 5.10 Å². The van der Waals surface area contributed by atoms with Crippen LogP contribution in [0.3, 0.4) is 0 Å². The first-order chi connectivity index (χ1) is 11.3. The Bertz CT molecular complexity index is 879. The van der Waals surface area contributed by atoms with Gasteiger partial charge in [-0.3, -0.25) is 4.99 Å². The van der Waals surface area contributed by atoms with Crippen LogP contribution in [0.4, 0.5) is 0 Å². The van der Waals surface area contributed by atoms with E-state index >= 15 is 0 Å². The lowest BCUT2D eigenvalue weighted by atomic mass is 10.2. The summed E-state index contributed by atoms with van der Waals surface area (Å²) >= 11 is 5.13. The van der Waals surface area contributed by atoms with Gasteiger partial charge < -0.3 is 0 Å². The molecule has 5 heteroatoms. The minimum atomic E-state index is 0.735. The van der Waals surface area contributed by atoms with Gasteiger partial charge in [0, 0.05) is 22.0 Å². The summed E-state index contributed by atoms with van der Waals surface area (Å²) in [6.07, 6.45) is 1.86. The molecule has 0 aliphatic rings. The van der Waals surface area contributed by atoms with Gasteiger partial charge in [0.2, 0.25) is 4.80 Å². The van der Waals surface area contributed by atoms with Gasteiger partial charge in [0.15, 0.2) is 0 Å². The molecule has 3 rings (SSSR count). The Labute approximate surface area is 147 Å². The quantitative estimate of drug-likeness (QED) is 0.578. The van der Waals surface area contributed by atoms with Gasteiger partial charge in [0.1, 0.15) is 0 Å². The Morgan fingerprint density at radius 2 is 1.96 bits per heavy atom. The van der Waals surface area contributed by atoms with E-state index in [1.165, 1.54) is 0 Å². The number of hydrogen-bond donors (Lipinski definition) is 0. The van der Waals surface area contributed by atoms with Gasteiger partial charge in [-0.15, -0.1) is 11.3 Å². The van der Waals surface area contributed by atoms with Crippen LogP contribution in [0.25, 0.3) is 11.3 Å².